The minimum atomic E-state index is -0.393. The molecule has 6 heteroatoms. The molecule has 0 radical (unpaired) electrons. The smallest absolute Gasteiger partial charge is 0.222 e. The summed E-state index contributed by atoms with van der Waals surface area (Å²) in [6.45, 7) is 3.95. The van der Waals surface area contributed by atoms with E-state index in [1.807, 2.05) is 12.3 Å². The van der Waals surface area contributed by atoms with Crippen LogP contribution in [0.3, 0.4) is 0 Å². The number of methoxy groups -OCH3 is 2. The Bertz CT molecular complexity index is 970. The van der Waals surface area contributed by atoms with Crippen molar-refractivity contribution in [1.29, 1.82) is 0 Å². The van der Waals surface area contributed by atoms with Crippen LogP contribution in [0, 0.1) is 5.95 Å². The van der Waals surface area contributed by atoms with Gasteiger partial charge in [0.05, 0.1) is 25.1 Å². The average molecular weight is 383 g/mol. The summed E-state index contributed by atoms with van der Waals surface area (Å²) in [6.07, 6.45) is 6.68. The Labute approximate surface area is 164 Å². The van der Waals surface area contributed by atoms with Crippen molar-refractivity contribution in [2.24, 2.45) is 0 Å². The number of hydrogen-bond acceptors (Lipinski definition) is 4. The SMILES string of the molecule is COc1cc2c(cc1OC)CN(CCCCn1ccc3c(F)nccc31)CC2. The van der Waals surface area contributed by atoms with Gasteiger partial charge in [0.2, 0.25) is 5.95 Å². The minimum absolute atomic E-state index is 0.393. The number of pyridine rings is 1. The molecule has 0 fully saturated rings. The summed E-state index contributed by atoms with van der Waals surface area (Å²) in [6, 6.07) is 7.90. The fourth-order valence-corrected chi connectivity index (χ4v) is 4.03. The van der Waals surface area contributed by atoms with Crippen LogP contribution in [0.25, 0.3) is 10.9 Å². The zero-order chi connectivity index (χ0) is 19.5. The van der Waals surface area contributed by atoms with Crippen LogP contribution in [-0.2, 0) is 19.5 Å². The zero-order valence-corrected chi connectivity index (χ0v) is 16.4. The molecule has 1 aliphatic heterocycles. The molecule has 4 rings (SSSR count). The van der Waals surface area contributed by atoms with Gasteiger partial charge in [-0.15, -0.1) is 0 Å². The molecule has 0 aliphatic carbocycles. The van der Waals surface area contributed by atoms with Gasteiger partial charge < -0.3 is 14.0 Å². The van der Waals surface area contributed by atoms with E-state index < -0.39 is 5.95 Å². The molecule has 0 saturated carbocycles. The van der Waals surface area contributed by atoms with Gasteiger partial charge in [0.1, 0.15) is 0 Å². The van der Waals surface area contributed by atoms with Gasteiger partial charge in [0.25, 0.3) is 0 Å². The Hall–Kier alpha value is -2.60. The topological polar surface area (TPSA) is 39.5 Å². The summed E-state index contributed by atoms with van der Waals surface area (Å²) in [5.74, 6) is 1.21. The van der Waals surface area contributed by atoms with Crippen LogP contribution in [0.15, 0.2) is 36.7 Å². The van der Waals surface area contributed by atoms with E-state index in [0.29, 0.717) is 5.39 Å². The van der Waals surface area contributed by atoms with Crippen LogP contribution in [0.5, 0.6) is 11.5 Å². The highest BCUT2D eigenvalue weighted by Gasteiger charge is 2.19. The van der Waals surface area contributed by atoms with Crippen LogP contribution in [0.4, 0.5) is 4.39 Å². The number of ether oxygens (including phenoxy) is 2. The van der Waals surface area contributed by atoms with E-state index >= 15 is 0 Å². The molecule has 0 amide bonds. The lowest BCUT2D eigenvalue weighted by molar-refractivity contribution is 0.246. The predicted octanol–water partition coefficient (Wildman–Crippen LogP) is 4.03. The molecule has 0 N–H and O–H groups in total. The number of aryl methyl sites for hydroxylation is 1. The highest BCUT2D eigenvalue weighted by atomic mass is 19.1. The fourth-order valence-electron chi connectivity index (χ4n) is 4.03. The summed E-state index contributed by atoms with van der Waals surface area (Å²) in [7, 11) is 3.36. The van der Waals surface area contributed by atoms with E-state index in [4.69, 9.17) is 9.47 Å². The third-order valence-corrected chi connectivity index (χ3v) is 5.57. The highest BCUT2D eigenvalue weighted by molar-refractivity contribution is 5.79. The van der Waals surface area contributed by atoms with E-state index in [9.17, 15) is 4.39 Å². The van der Waals surface area contributed by atoms with Crippen molar-refractivity contribution in [1.82, 2.24) is 14.5 Å². The van der Waals surface area contributed by atoms with Gasteiger partial charge in [-0.25, -0.2) is 4.98 Å². The average Bonchev–Trinajstić information content (AvgIpc) is 3.14. The number of benzene rings is 1. The molecule has 0 unspecified atom stereocenters. The van der Waals surface area contributed by atoms with Crippen LogP contribution in [-0.4, -0.2) is 41.8 Å². The second-order valence-electron chi connectivity index (χ2n) is 7.25. The second kappa shape index (κ2) is 8.19. The van der Waals surface area contributed by atoms with E-state index in [0.717, 1.165) is 62.5 Å². The lowest BCUT2D eigenvalue weighted by atomic mass is 9.98. The van der Waals surface area contributed by atoms with Gasteiger partial charge in [0, 0.05) is 32.0 Å². The van der Waals surface area contributed by atoms with E-state index in [2.05, 4.69) is 26.6 Å². The van der Waals surface area contributed by atoms with Gasteiger partial charge in [-0.05, 0) is 61.2 Å². The Morgan fingerprint density at radius 2 is 1.79 bits per heavy atom. The van der Waals surface area contributed by atoms with Gasteiger partial charge in [-0.2, -0.15) is 4.39 Å². The van der Waals surface area contributed by atoms with Crippen molar-refractivity contribution in [2.45, 2.75) is 32.4 Å². The molecule has 148 valence electrons. The third-order valence-electron chi connectivity index (χ3n) is 5.57. The molecule has 5 nitrogen and oxygen atoms in total. The normalized spacial score (nSPS) is 14.2. The van der Waals surface area contributed by atoms with Crippen molar-refractivity contribution in [3.63, 3.8) is 0 Å². The standard InChI is InChI=1S/C22H26FN3O2/c1-27-20-13-16-6-11-25(15-17(16)14-21(20)28-2)9-3-4-10-26-12-7-18-19(26)5-8-24-22(18)23/h5,7-8,12-14H,3-4,6,9-11,15H2,1-2H3. The first kappa shape index (κ1) is 18.7. The van der Waals surface area contributed by atoms with Crippen molar-refractivity contribution in [3.05, 3.63) is 53.7 Å². The van der Waals surface area contributed by atoms with Gasteiger partial charge in [0.15, 0.2) is 11.5 Å². The third kappa shape index (κ3) is 3.69. The quantitative estimate of drug-likeness (QED) is 0.456. The number of hydrogen-bond donors (Lipinski definition) is 0. The first-order valence-corrected chi connectivity index (χ1v) is 9.75. The molecule has 1 aliphatic rings. The first-order chi connectivity index (χ1) is 13.7. The lowest BCUT2D eigenvalue weighted by Gasteiger charge is -2.29. The Morgan fingerprint density at radius 3 is 2.57 bits per heavy atom. The second-order valence-corrected chi connectivity index (χ2v) is 7.25. The van der Waals surface area contributed by atoms with E-state index in [1.54, 1.807) is 20.3 Å². The number of unbranched alkanes of at least 4 members (excludes halogenated alkanes) is 1. The van der Waals surface area contributed by atoms with Crippen LogP contribution >= 0.6 is 0 Å². The predicted molar refractivity (Wildman–Crippen MR) is 107 cm³/mol. The minimum Gasteiger partial charge on any atom is -0.493 e. The zero-order valence-electron chi connectivity index (χ0n) is 16.4. The highest BCUT2D eigenvalue weighted by Crippen LogP contribution is 2.33. The molecule has 0 saturated heterocycles. The van der Waals surface area contributed by atoms with Gasteiger partial charge >= 0.3 is 0 Å². The van der Waals surface area contributed by atoms with Crippen LogP contribution in [0.2, 0.25) is 0 Å². The van der Waals surface area contributed by atoms with E-state index in [1.165, 1.54) is 17.3 Å². The summed E-state index contributed by atoms with van der Waals surface area (Å²) in [5, 5.41) is 0.597. The largest absolute Gasteiger partial charge is 0.493 e. The number of fused-ring (bicyclic) bond motifs is 2. The van der Waals surface area contributed by atoms with Gasteiger partial charge in [-0.1, -0.05) is 0 Å². The number of aromatic nitrogens is 2. The number of nitrogens with zero attached hydrogens (tertiary/aromatic N) is 3. The monoisotopic (exact) mass is 383 g/mol. The Kier molecular flexibility index (Phi) is 5.48. The first-order valence-electron chi connectivity index (χ1n) is 9.75. The van der Waals surface area contributed by atoms with Crippen molar-refractivity contribution in [3.8, 4) is 11.5 Å². The summed E-state index contributed by atoms with van der Waals surface area (Å²) >= 11 is 0. The molecule has 3 heterocycles. The fraction of sp³-hybridized carbons (Fsp3) is 0.409. The Morgan fingerprint density at radius 1 is 1.04 bits per heavy atom. The molecule has 1 aromatic carbocycles. The molecule has 0 bridgehead atoms. The molecule has 28 heavy (non-hydrogen) atoms. The molecular formula is C22H26FN3O2. The molecule has 0 spiro atoms. The maximum atomic E-state index is 13.7. The number of halogens is 1. The van der Waals surface area contributed by atoms with Crippen molar-refractivity contribution >= 4 is 10.9 Å². The van der Waals surface area contributed by atoms with Crippen molar-refractivity contribution in [2.75, 3.05) is 27.3 Å². The van der Waals surface area contributed by atoms with E-state index in [-0.39, 0.29) is 0 Å². The number of rotatable bonds is 7. The summed E-state index contributed by atoms with van der Waals surface area (Å²) < 4.78 is 26.7. The molecule has 3 aromatic rings. The van der Waals surface area contributed by atoms with Gasteiger partial charge in [-0.3, -0.25) is 4.90 Å². The maximum absolute atomic E-state index is 13.7. The van der Waals surface area contributed by atoms with Crippen molar-refractivity contribution < 1.29 is 13.9 Å². The maximum Gasteiger partial charge on any atom is 0.222 e. The Balaban J connectivity index is 1.32. The summed E-state index contributed by atoms with van der Waals surface area (Å²) in [5.41, 5.74) is 3.59. The molecule has 2 aromatic heterocycles. The molecular weight excluding hydrogens is 357 g/mol. The van der Waals surface area contributed by atoms with Crippen LogP contribution < -0.4 is 9.47 Å². The lowest BCUT2D eigenvalue weighted by Crippen LogP contribution is -2.31. The van der Waals surface area contributed by atoms with Crippen LogP contribution in [0.1, 0.15) is 24.0 Å². The molecule has 0 atom stereocenters. The summed E-state index contributed by atoms with van der Waals surface area (Å²) in [4.78, 5) is 6.21.